The predicted octanol–water partition coefficient (Wildman–Crippen LogP) is 3.14. The molecule has 1 rings (SSSR count). The summed E-state index contributed by atoms with van der Waals surface area (Å²) in [5, 5.41) is 14.6. The molecule has 8 heteroatoms. The molecule has 3 amide bonds. The molecule has 0 aliphatic rings. The molecule has 1 aromatic rings. The van der Waals surface area contributed by atoms with Crippen LogP contribution in [-0.4, -0.2) is 47.0 Å². The standard InChI is InChI=1S/C23H34N4O4/c1-15-11-16(2)13-17(12-15)19(20(29)26-22(3,4)5)27(10-9-24)18(28)14-25-21(30)31-23(6,7)8/h11-13,19H,10,14H2,1-8H3,(H,25,30)(H,26,29). The summed E-state index contributed by atoms with van der Waals surface area (Å²) in [6.07, 6.45) is -0.750. The highest BCUT2D eigenvalue weighted by atomic mass is 16.6. The number of carbonyl (C=O) groups excluding carboxylic acids is 3. The Bertz CT molecular complexity index is 840. The van der Waals surface area contributed by atoms with Crippen LogP contribution in [0.25, 0.3) is 0 Å². The van der Waals surface area contributed by atoms with E-state index in [0.29, 0.717) is 5.56 Å². The zero-order valence-corrected chi connectivity index (χ0v) is 19.8. The van der Waals surface area contributed by atoms with Crippen LogP contribution in [0, 0.1) is 25.2 Å². The summed E-state index contributed by atoms with van der Waals surface area (Å²) in [7, 11) is 0. The lowest BCUT2D eigenvalue weighted by Gasteiger charge is -2.32. The summed E-state index contributed by atoms with van der Waals surface area (Å²) in [6, 6.07) is 6.53. The topological polar surface area (TPSA) is 112 Å². The van der Waals surface area contributed by atoms with Crippen molar-refractivity contribution in [1.82, 2.24) is 15.5 Å². The number of rotatable bonds is 6. The lowest BCUT2D eigenvalue weighted by atomic mass is 9.98. The smallest absolute Gasteiger partial charge is 0.408 e. The van der Waals surface area contributed by atoms with Gasteiger partial charge in [-0.3, -0.25) is 9.59 Å². The van der Waals surface area contributed by atoms with Gasteiger partial charge in [-0.05, 0) is 61.0 Å². The number of aryl methyl sites for hydroxylation is 2. The summed E-state index contributed by atoms with van der Waals surface area (Å²) < 4.78 is 5.15. The summed E-state index contributed by atoms with van der Waals surface area (Å²) >= 11 is 0. The molecule has 0 aromatic heterocycles. The number of hydrogen-bond acceptors (Lipinski definition) is 5. The Balaban J connectivity index is 3.26. The number of hydrogen-bond donors (Lipinski definition) is 2. The molecule has 0 aliphatic carbocycles. The molecule has 1 atom stereocenters. The molecule has 1 aromatic carbocycles. The van der Waals surface area contributed by atoms with Crippen LogP contribution in [0.3, 0.4) is 0 Å². The largest absolute Gasteiger partial charge is 0.444 e. The molecule has 0 fully saturated rings. The average Bonchev–Trinajstić information content (AvgIpc) is 2.55. The number of alkyl carbamates (subject to hydrolysis) is 1. The fourth-order valence-electron chi connectivity index (χ4n) is 3.04. The molecule has 0 radical (unpaired) electrons. The van der Waals surface area contributed by atoms with E-state index >= 15 is 0 Å². The maximum absolute atomic E-state index is 13.2. The van der Waals surface area contributed by atoms with Gasteiger partial charge >= 0.3 is 6.09 Å². The molecule has 0 spiro atoms. The van der Waals surface area contributed by atoms with Crippen LogP contribution >= 0.6 is 0 Å². The lowest BCUT2D eigenvalue weighted by Crippen LogP contribution is -2.51. The third-order valence-electron chi connectivity index (χ3n) is 3.96. The second kappa shape index (κ2) is 10.3. The van der Waals surface area contributed by atoms with E-state index in [1.54, 1.807) is 20.8 Å². The molecular formula is C23H34N4O4. The van der Waals surface area contributed by atoms with E-state index in [2.05, 4.69) is 10.6 Å². The first kappa shape index (κ1) is 26.0. The van der Waals surface area contributed by atoms with E-state index < -0.39 is 41.6 Å². The van der Waals surface area contributed by atoms with Gasteiger partial charge in [-0.2, -0.15) is 5.26 Å². The molecule has 0 aliphatic heterocycles. The first-order chi connectivity index (χ1) is 14.1. The number of benzene rings is 1. The zero-order valence-electron chi connectivity index (χ0n) is 19.8. The highest BCUT2D eigenvalue weighted by molar-refractivity contribution is 5.91. The SMILES string of the molecule is Cc1cc(C)cc(C(C(=O)NC(C)(C)C)N(CC#N)C(=O)CNC(=O)OC(C)(C)C)c1. The van der Waals surface area contributed by atoms with Crippen molar-refractivity contribution in [3.05, 3.63) is 34.9 Å². The third-order valence-corrected chi connectivity index (χ3v) is 3.96. The molecule has 170 valence electrons. The van der Waals surface area contributed by atoms with Crippen LogP contribution in [0.4, 0.5) is 4.79 Å². The minimum atomic E-state index is -1.02. The van der Waals surface area contributed by atoms with Crippen LogP contribution in [0.5, 0.6) is 0 Å². The molecule has 1 unspecified atom stereocenters. The number of carbonyl (C=O) groups is 3. The summed E-state index contributed by atoms with van der Waals surface area (Å²) in [6.45, 7) is 13.7. The van der Waals surface area contributed by atoms with E-state index in [9.17, 15) is 19.6 Å². The minimum absolute atomic E-state index is 0.315. The van der Waals surface area contributed by atoms with Crippen LogP contribution in [0.2, 0.25) is 0 Å². The highest BCUT2D eigenvalue weighted by Crippen LogP contribution is 2.25. The molecule has 0 heterocycles. The van der Waals surface area contributed by atoms with Crippen LogP contribution < -0.4 is 10.6 Å². The number of nitrogens with zero attached hydrogens (tertiary/aromatic N) is 2. The van der Waals surface area contributed by atoms with E-state index in [1.807, 2.05) is 58.9 Å². The molecule has 31 heavy (non-hydrogen) atoms. The first-order valence-electron chi connectivity index (χ1n) is 10.2. The van der Waals surface area contributed by atoms with Crippen molar-refractivity contribution in [2.75, 3.05) is 13.1 Å². The van der Waals surface area contributed by atoms with Crippen molar-refractivity contribution in [3.63, 3.8) is 0 Å². The Hall–Kier alpha value is -3.08. The number of amides is 3. The summed E-state index contributed by atoms with van der Waals surface area (Å²) in [4.78, 5) is 39.3. The van der Waals surface area contributed by atoms with Gasteiger partial charge in [-0.25, -0.2) is 4.79 Å². The van der Waals surface area contributed by atoms with Gasteiger partial charge in [0.15, 0.2) is 0 Å². The Kier molecular flexibility index (Phi) is 8.62. The van der Waals surface area contributed by atoms with Gasteiger partial charge in [0.1, 0.15) is 24.7 Å². The Morgan fingerprint density at radius 2 is 1.61 bits per heavy atom. The lowest BCUT2D eigenvalue weighted by molar-refractivity contribution is -0.140. The second-order valence-corrected chi connectivity index (χ2v) is 9.60. The third kappa shape index (κ3) is 9.08. The quantitative estimate of drug-likeness (QED) is 0.674. The van der Waals surface area contributed by atoms with Gasteiger partial charge in [0.25, 0.3) is 0 Å². The minimum Gasteiger partial charge on any atom is -0.444 e. The highest BCUT2D eigenvalue weighted by Gasteiger charge is 2.33. The molecule has 8 nitrogen and oxygen atoms in total. The molecule has 0 saturated carbocycles. The summed E-state index contributed by atoms with van der Waals surface area (Å²) in [5.41, 5.74) is 1.21. The van der Waals surface area contributed by atoms with E-state index in [-0.39, 0.29) is 6.54 Å². The molecule has 2 N–H and O–H groups in total. The molecular weight excluding hydrogens is 396 g/mol. The van der Waals surface area contributed by atoms with E-state index in [1.165, 1.54) is 4.90 Å². The number of nitrogens with one attached hydrogen (secondary N) is 2. The Labute approximate surface area is 184 Å². The van der Waals surface area contributed by atoms with Gasteiger partial charge in [-0.1, -0.05) is 29.3 Å². The normalized spacial score (nSPS) is 12.4. The fourth-order valence-corrected chi connectivity index (χ4v) is 3.04. The van der Waals surface area contributed by atoms with Gasteiger partial charge in [-0.15, -0.1) is 0 Å². The second-order valence-electron chi connectivity index (χ2n) is 9.60. The molecule has 0 saturated heterocycles. The van der Waals surface area contributed by atoms with Crippen molar-refractivity contribution in [1.29, 1.82) is 5.26 Å². The Morgan fingerprint density at radius 3 is 2.06 bits per heavy atom. The van der Waals surface area contributed by atoms with Crippen molar-refractivity contribution in [2.45, 2.75) is 72.6 Å². The molecule has 0 bridgehead atoms. The summed E-state index contributed by atoms with van der Waals surface area (Å²) in [5.74, 6) is -0.973. The predicted molar refractivity (Wildman–Crippen MR) is 118 cm³/mol. The number of nitriles is 1. The maximum Gasteiger partial charge on any atom is 0.408 e. The van der Waals surface area contributed by atoms with Gasteiger partial charge in [0, 0.05) is 5.54 Å². The van der Waals surface area contributed by atoms with Crippen LogP contribution in [0.1, 0.15) is 64.3 Å². The first-order valence-corrected chi connectivity index (χ1v) is 10.2. The monoisotopic (exact) mass is 430 g/mol. The van der Waals surface area contributed by atoms with Crippen molar-refractivity contribution >= 4 is 17.9 Å². The van der Waals surface area contributed by atoms with E-state index in [4.69, 9.17) is 4.74 Å². The van der Waals surface area contributed by atoms with Gasteiger partial charge in [0.2, 0.25) is 11.8 Å². The number of ether oxygens (including phenoxy) is 1. The van der Waals surface area contributed by atoms with E-state index in [0.717, 1.165) is 11.1 Å². The van der Waals surface area contributed by atoms with Gasteiger partial charge < -0.3 is 20.3 Å². The fraction of sp³-hybridized carbons (Fsp3) is 0.565. The van der Waals surface area contributed by atoms with Gasteiger partial charge in [0.05, 0.1) is 6.07 Å². The zero-order chi connectivity index (χ0) is 24.0. The average molecular weight is 431 g/mol. The Morgan fingerprint density at radius 1 is 1.06 bits per heavy atom. The maximum atomic E-state index is 13.2. The van der Waals surface area contributed by atoms with Crippen molar-refractivity contribution < 1.29 is 19.1 Å². The van der Waals surface area contributed by atoms with Crippen LogP contribution in [-0.2, 0) is 14.3 Å². The van der Waals surface area contributed by atoms with Crippen molar-refractivity contribution in [2.24, 2.45) is 0 Å². The van der Waals surface area contributed by atoms with Crippen molar-refractivity contribution in [3.8, 4) is 6.07 Å². The van der Waals surface area contributed by atoms with Crippen LogP contribution in [0.15, 0.2) is 18.2 Å².